The molecular formula is C31H43F3N6O3Si. The molecule has 3 aliphatic rings. The predicted molar refractivity (Wildman–Crippen MR) is 164 cm³/mol. The number of hydrogen-bond donors (Lipinski definition) is 0. The molecule has 6 rings (SSSR count). The van der Waals surface area contributed by atoms with Gasteiger partial charge >= 0.3 is 6.01 Å². The second kappa shape index (κ2) is 11.5. The minimum Gasteiger partial charge on any atom is -0.493 e. The molecule has 0 bridgehead atoms. The second-order valence-corrected chi connectivity index (χ2v) is 18.8. The van der Waals surface area contributed by atoms with Crippen molar-refractivity contribution in [3.63, 3.8) is 0 Å². The number of halogens is 3. The molecule has 0 saturated carbocycles. The number of rotatable bonds is 8. The van der Waals surface area contributed by atoms with Crippen LogP contribution in [0, 0.1) is 11.6 Å². The van der Waals surface area contributed by atoms with Crippen molar-refractivity contribution in [2.75, 3.05) is 38.3 Å². The van der Waals surface area contributed by atoms with Crippen LogP contribution >= 0.6 is 0 Å². The monoisotopic (exact) mass is 632 g/mol. The van der Waals surface area contributed by atoms with Crippen molar-refractivity contribution < 1.29 is 27.1 Å². The van der Waals surface area contributed by atoms with Gasteiger partial charge in [-0.15, -0.1) is 0 Å². The molecular weight excluding hydrogens is 589 g/mol. The minimum atomic E-state index is -1.96. The first-order valence-electron chi connectivity index (χ1n) is 15.5. The van der Waals surface area contributed by atoms with Crippen LogP contribution in [-0.4, -0.2) is 78.0 Å². The molecule has 0 N–H and O–H groups in total. The van der Waals surface area contributed by atoms with E-state index in [9.17, 15) is 4.39 Å². The molecule has 0 aliphatic carbocycles. The van der Waals surface area contributed by atoms with E-state index in [-0.39, 0.29) is 34.3 Å². The van der Waals surface area contributed by atoms with Crippen molar-refractivity contribution in [2.45, 2.75) is 96.0 Å². The Labute approximate surface area is 257 Å². The van der Waals surface area contributed by atoms with Crippen molar-refractivity contribution in [1.29, 1.82) is 0 Å². The Balaban J connectivity index is 1.33. The van der Waals surface area contributed by atoms with Gasteiger partial charge in [-0.05, 0) is 50.0 Å². The second-order valence-electron chi connectivity index (χ2n) is 14.0. The van der Waals surface area contributed by atoms with Gasteiger partial charge in [0.15, 0.2) is 25.7 Å². The van der Waals surface area contributed by atoms with Crippen LogP contribution < -0.4 is 14.4 Å². The van der Waals surface area contributed by atoms with Gasteiger partial charge in [-0.2, -0.15) is 15.1 Å². The lowest BCUT2D eigenvalue weighted by molar-refractivity contribution is 0.107. The molecule has 0 radical (unpaired) electrons. The Morgan fingerprint density at radius 2 is 1.86 bits per heavy atom. The summed E-state index contributed by atoms with van der Waals surface area (Å²) in [5.41, 5.74) is 1.29. The van der Waals surface area contributed by atoms with E-state index in [1.807, 2.05) is 15.6 Å². The van der Waals surface area contributed by atoms with Gasteiger partial charge in [-0.1, -0.05) is 20.8 Å². The number of benzene rings is 1. The average molecular weight is 633 g/mol. The standard InChI is InChI=1S/C31H43F3N6O3Si/c1-30(2,3)44(5,6)43-18-21-13-22-17-38(10-8-12-40(22)37-21)28-25-26(23(33)14-24(34)27(25)41-4)35-29(36-28)42-19-31-9-7-11-39(31)16-20(32)15-31/h13-14,20H,7-12,15-19H2,1-6H3/t20-,31+/m1/s1. The smallest absolute Gasteiger partial charge is 0.319 e. The van der Waals surface area contributed by atoms with E-state index >= 15 is 8.78 Å². The van der Waals surface area contributed by atoms with E-state index in [0.29, 0.717) is 45.0 Å². The normalized spacial score (nSPS) is 22.8. The molecule has 2 aromatic heterocycles. The first-order chi connectivity index (χ1) is 20.8. The zero-order valence-corrected chi connectivity index (χ0v) is 27.6. The number of anilines is 1. The SMILES string of the molecule is COc1c(F)cc(F)c2nc(OC[C@@]34CCCN3C[C@H](F)C4)nc(N3CCCn4nc(CO[Si](C)(C)C(C)(C)C)cc4C3)c12. The maximum Gasteiger partial charge on any atom is 0.319 e. The molecule has 1 aromatic carbocycles. The van der Waals surface area contributed by atoms with Crippen molar-refractivity contribution >= 4 is 25.0 Å². The van der Waals surface area contributed by atoms with Crippen LogP contribution in [0.4, 0.5) is 19.0 Å². The van der Waals surface area contributed by atoms with Crippen LogP contribution in [0.15, 0.2) is 12.1 Å². The molecule has 5 heterocycles. The number of hydrogen-bond acceptors (Lipinski definition) is 8. The first kappa shape index (κ1) is 31.1. The van der Waals surface area contributed by atoms with Crippen molar-refractivity contribution in [3.05, 3.63) is 35.2 Å². The summed E-state index contributed by atoms with van der Waals surface area (Å²) in [4.78, 5) is 13.2. The fourth-order valence-corrected chi connectivity index (χ4v) is 7.50. The summed E-state index contributed by atoms with van der Waals surface area (Å²) in [5, 5.41) is 5.06. The Morgan fingerprint density at radius 3 is 2.61 bits per heavy atom. The maximum absolute atomic E-state index is 15.3. The van der Waals surface area contributed by atoms with Crippen molar-refractivity contribution in [3.8, 4) is 11.8 Å². The van der Waals surface area contributed by atoms with E-state index in [1.165, 1.54) is 7.11 Å². The highest BCUT2D eigenvalue weighted by Crippen LogP contribution is 2.42. The van der Waals surface area contributed by atoms with Crippen LogP contribution in [-0.2, 0) is 24.1 Å². The van der Waals surface area contributed by atoms with E-state index in [1.54, 1.807) is 0 Å². The van der Waals surface area contributed by atoms with Crippen LogP contribution in [0.1, 0.15) is 57.8 Å². The number of ether oxygens (including phenoxy) is 2. The zero-order chi connectivity index (χ0) is 31.4. The fraction of sp³-hybridized carbons (Fsp3) is 0.645. The number of aryl methyl sites for hydroxylation is 1. The van der Waals surface area contributed by atoms with Gasteiger partial charge in [0, 0.05) is 32.1 Å². The van der Waals surface area contributed by atoms with Gasteiger partial charge in [0.25, 0.3) is 0 Å². The van der Waals surface area contributed by atoms with Crippen molar-refractivity contribution in [1.82, 2.24) is 24.6 Å². The Kier molecular flexibility index (Phi) is 8.11. The number of aromatic nitrogens is 4. The van der Waals surface area contributed by atoms with E-state index in [0.717, 1.165) is 43.3 Å². The zero-order valence-electron chi connectivity index (χ0n) is 26.6. The molecule has 0 amide bonds. The highest BCUT2D eigenvalue weighted by molar-refractivity contribution is 6.74. The third kappa shape index (κ3) is 5.66. The van der Waals surface area contributed by atoms with Gasteiger partial charge in [0.1, 0.15) is 24.1 Å². The highest BCUT2D eigenvalue weighted by atomic mass is 28.4. The van der Waals surface area contributed by atoms with Gasteiger partial charge in [-0.25, -0.2) is 13.2 Å². The molecule has 2 fully saturated rings. The van der Waals surface area contributed by atoms with Gasteiger partial charge in [0.05, 0.1) is 42.6 Å². The average Bonchev–Trinajstić information content (AvgIpc) is 3.57. The third-order valence-corrected chi connectivity index (χ3v) is 14.5. The molecule has 3 aliphatic heterocycles. The summed E-state index contributed by atoms with van der Waals surface area (Å²) in [7, 11) is -0.620. The maximum atomic E-state index is 15.3. The van der Waals surface area contributed by atoms with Crippen molar-refractivity contribution in [2.24, 2.45) is 0 Å². The molecule has 0 spiro atoms. The van der Waals surface area contributed by atoms with E-state index < -0.39 is 31.7 Å². The Morgan fingerprint density at radius 1 is 1.07 bits per heavy atom. The lowest BCUT2D eigenvalue weighted by Gasteiger charge is -2.35. The molecule has 2 atom stereocenters. The minimum absolute atomic E-state index is 0.0233. The van der Waals surface area contributed by atoms with Gasteiger partial charge in [0.2, 0.25) is 0 Å². The molecule has 0 unspecified atom stereocenters. The molecule has 44 heavy (non-hydrogen) atoms. The van der Waals surface area contributed by atoms with Crippen LogP contribution in [0.3, 0.4) is 0 Å². The summed E-state index contributed by atoms with van der Waals surface area (Å²) in [6, 6.07) is 2.78. The van der Waals surface area contributed by atoms with Gasteiger partial charge in [-0.3, -0.25) is 9.58 Å². The number of nitrogens with zero attached hydrogens (tertiary/aromatic N) is 6. The highest BCUT2D eigenvalue weighted by Gasteiger charge is 2.49. The number of fused-ring (bicyclic) bond motifs is 3. The lowest BCUT2D eigenvalue weighted by Crippen LogP contribution is -2.43. The molecule has 9 nitrogen and oxygen atoms in total. The van der Waals surface area contributed by atoms with Crippen LogP contribution in [0.2, 0.25) is 18.1 Å². The summed E-state index contributed by atoms with van der Waals surface area (Å²) < 4.78 is 64.7. The molecule has 13 heteroatoms. The third-order valence-electron chi connectivity index (χ3n) is 9.98. The summed E-state index contributed by atoms with van der Waals surface area (Å²) in [6.45, 7) is 14.5. The van der Waals surface area contributed by atoms with Crippen LogP contribution in [0.25, 0.3) is 10.9 Å². The Hall–Kier alpha value is -2.90. The largest absolute Gasteiger partial charge is 0.493 e. The van der Waals surface area contributed by atoms with Crippen LogP contribution in [0.5, 0.6) is 11.8 Å². The fourth-order valence-electron chi connectivity index (χ4n) is 6.56. The van der Waals surface area contributed by atoms with E-state index in [2.05, 4.69) is 43.7 Å². The quantitative estimate of drug-likeness (QED) is 0.280. The van der Waals surface area contributed by atoms with E-state index in [4.69, 9.17) is 24.0 Å². The lowest BCUT2D eigenvalue weighted by atomic mass is 9.95. The summed E-state index contributed by atoms with van der Waals surface area (Å²) >= 11 is 0. The Bertz CT molecular complexity index is 1550. The molecule has 240 valence electrons. The molecule has 3 aromatic rings. The number of methoxy groups -OCH3 is 1. The summed E-state index contributed by atoms with van der Waals surface area (Å²) in [5.74, 6) is -1.46. The first-order valence-corrected chi connectivity index (χ1v) is 18.4. The molecule has 2 saturated heterocycles. The topological polar surface area (TPSA) is 77.8 Å². The summed E-state index contributed by atoms with van der Waals surface area (Å²) in [6.07, 6.45) is 2.00. The predicted octanol–water partition coefficient (Wildman–Crippen LogP) is 6.00. The number of alkyl halides is 1. The van der Waals surface area contributed by atoms with Gasteiger partial charge < -0.3 is 18.8 Å².